The molecule has 1 aliphatic carbocycles. The van der Waals surface area contributed by atoms with Gasteiger partial charge in [-0.05, 0) is 55.7 Å². The topological polar surface area (TPSA) is 15.3 Å². The first-order valence-electron chi connectivity index (χ1n) is 8.94. The zero-order valence-electron chi connectivity index (χ0n) is 13.1. The fourth-order valence-electron chi connectivity index (χ4n) is 4.81. The van der Waals surface area contributed by atoms with Crippen LogP contribution in [-0.2, 0) is 13.0 Å². The van der Waals surface area contributed by atoms with Crippen molar-refractivity contribution in [2.75, 3.05) is 13.1 Å². The van der Waals surface area contributed by atoms with Crippen LogP contribution in [0.15, 0.2) is 24.3 Å². The number of hydrogen-bond acceptors (Lipinski definition) is 2. The van der Waals surface area contributed by atoms with Gasteiger partial charge in [-0.3, -0.25) is 4.90 Å². The van der Waals surface area contributed by atoms with E-state index in [1.807, 2.05) is 0 Å². The van der Waals surface area contributed by atoms with Crippen LogP contribution in [-0.4, -0.2) is 30.1 Å². The summed E-state index contributed by atoms with van der Waals surface area (Å²) in [5.41, 5.74) is 3.14. The van der Waals surface area contributed by atoms with Crippen LogP contribution in [0.1, 0.15) is 49.7 Å². The number of benzene rings is 1. The van der Waals surface area contributed by atoms with Crippen LogP contribution < -0.4 is 5.32 Å². The van der Waals surface area contributed by atoms with Gasteiger partial charge in [0.05, 0.1) is 0 Å². The minimum Gasteiger partial charge on any atom is -0.310 e. The van der Waals surface area contributed by atoms with Crippen LogP contribution in [0.2, 0.25) is 0 Å². The molecule has 1 N–H and O–H groups in total. The third-order valence-corrected chi connectivity index (χ3v) is 5.86. The molecule has 3 unspecified atom stereocenters. The summed E-state index contributed by atoms with van der Waals surface area (Å²) in [5, 5.41) is 3.94. The van der Waals surface area contributed by atoms with Crippen molar-refractivity contribution in [3.05, 3.63) is 35.4 Å². The summed E-state index contributed by atoms with van der Waals surface area (Å²) in [5.74, 6) is 0.975. The average molecular weight is 284 g/mol. The molecule has 2 heteroatoms. The zero-order chi connectivity index (χ0) is 14.1. The molecule has 3 atom stereocenters. The first-order valence-corrected chi connectivity index (χ1v) is 8.94. The van der Waals surface area contributed by atoms with Crippen molar-refractivity contribution in [2.45, 2.75) is 63.6 Å². The smallest absolute Gasteiger partial charge is 0.0237 e. The summed E-state index contributed by atoms with van der Waals surface area (Å²) in [6.07, 6.45) is 9.79. The lowest BCUT2D eigenvalue weighted by atomic mass is 9.85. The number of aryl methyl sites for hydroxylation is 1. The molecule has 1 saturated heterocycles. The fraction of sp³-hybridized carbons (Fsp3) is 0.684. The summed E-state index contributed by atoms with van der Waals surface area (Å²) in [6.45, 7) is 3.67. The molecule has 21 heavy (non-hydrogen) atoms. The first-order chi connectivity index (χ1) is 10.4. The molecule has 0 spiro atoms. The maximum Gasteiger partial charge on any atom is 0.0237 e. The Kier molecular flexibility index (Phi) is 4.00. The molecule has 1 saturated carbocycles. The molecule has 0 bridgehead atoms. The Morgan fingerprint density at radius 1 is 1.05 bits per heavy atom. The molecule has 2 aliphatic heterocycles. The molecule has 4 rings (SSSR count). The van der Waals surface area contributed by atoms with Crippen molar-refractivity contribution in [1.29, 1.82) is 0 Å². The Morgan fingerprint density at radius 2 is 1.90 bits per heavy atom. The lowest BCUT2D eigenvalue weighted by Gasteiger charge is -2.25. The highest BCUT2D eigenvalue weighted by atomic mass is 15.2. The molecule has 1 aromatic carbocycles. The van der Waals surface area contributed by atoms with Gasteiger partial charge < -0.3 is 5.32 Å². The van der Waals surface area contributed by atoms with E-state index in [2.05, 4.69) is 34.5 Å². The Balaban J connectivity index is 1.39. The second-order valence-electron chi connectivity index (χ2n) is 7.36. The molecule has 1 aromatic rings. The molecule has 0 radical (unpaired) electrons. The highest BCUT2D eigenvalue weighted by Crippen LogP contribution is 2.33. The van der Waals surface area contributed by atoms with Crippen LogP contribution in [0, 0.1) is 5.92 Å². The highest BCUT2D eigenvalue weighted by molar-refractivity contribution is 5.28. The van der Waals surface area contributed by atoms with E-state index in [4.69, 9.17) is 0 Å². The van der Waals surface area contributed by atoms with E-state index in [0.717, 1.165) is 24.5 Å². The van der Waals surface area contributed by atoms with Gasteiger partial charge in [-0.25, -0.2) is 0 Å². The lowest BCUT2D eigenvalue weighted by Crippen LogP contribution is -2.40. The van der Waals surface area contributed by atoms with Gasteiger partial charge >= 0.3 is 0 Å². The Bertz CT molecular complexity index is 470. The van der Waals surface area contributed by atoms with Crippen molar-refractivity contribution < 1.29 is 0 Å². The van der Waals surface area contributed by atoms with E-state index in [9.17, 15) is 0 Å². The van der Waals surface area contributed by atoms with Crippen molar-refractivity contribution in [3.63, 3.8) is 0 Å². The van der Waals surface area contributed by atoms with Gasteiger partial charge in [0.1, 0.15) is 0 Å². The predicted octanol–water partition coefficient (Wildman–Crippen LogP) is 3.36. The van der Waals surface area contributed by atoms with Crippen molar-refractivity contribution >= 4 is 0 Å². The number of nitrogens with zero attached hydrogens (tertiary/aromatic N) is 1. The fourth-order valence-corrected chi connectivity index (χ4v) is 4.81. The summed E-state index contributed by atoms with van der Waals surface area (Å²) in [4.78, 5) is 2.70. The van der Waals surface area contributed by atoms with Crippen molar-refractivity contribution in [2.24, 2.45) is 5.92 Å². The number of nitrogens with one attached hydrogen (secondary N) is 1. The van der Waals surface area contributed by atoms with Gasteiger partial charge in [0, 0.05) is 25.2 Å². The summed E-state index contributed by atoms with van der Waals surface area (Å²) in [6, 6.07) is 10.6. The SMILES string of the molecule is c1ccc2c(c1)CCCN(CC1CC3CCCCC3N1)C2. The molecular weight excluding hydrogens is 256 g/mol. The largest absolute Gasteiger partial charge is 0.310 e. The molecule has 2 fully saturated rings. The van der Waals surface area contributed by atoms with Crippen LogP contribution in [0.25, 0.3) is 0 Å². The van der Waals surface area contributed by atoms with Gasteiger partial charge in [-0.15, -0.1) is 0 Å². The minimum atomic E-state index is 0.739. The quantitative estimate of drug-likeness (QED) is 0.896. The highest BCUT2D eigenvalue weighted by Gasteiger charge is 2.35. The Hall–Kier alpha value is -0.860. The van der Waals surface area contributed by atoms with Gasteiger partial charge in [-0.1, -0.05) is 37.1 Å². The summed E-state index contributed by atoms with van der Waals surface area (Å²) in [7, 11) is 0. The molecule has 0 amide bonds. The van der Waals surface area contributed by atoms with Crippen molar-refractivity contribution in [1.82, 2.24) is 10.2 Å². The summed E-state index contributed by atoms with van der Waals surface area (Å²) < 4.78 is 0. The maximum absolute atomic E-state index is 3.94. The van der Waals surface area contributed by atoms with Crippen LogP contribution in [0.3, 0.4) is 0 Å². The van der Waals surface area contributed by atoms with E-state index in [-0.39, 0.29) is 0 Å². The van der Waals surface area contributed by atoms with Crippen LogP contribution in [0.5, 0.6) is 0 Å². The average Bonchev–Trinajstić information content (AvgIpc) is 2.79. The van der Waals surface area contributed by atoms with E-state index in [1.54, 1.807) is 11.1 Å². The molecule has 0 aromatic heterocycles. The molecule has 3 aliphatic rings. The normalized spacial score (nSPS) is 33.2. The number of rotatable bonds is 2. The third-order valence-electron chi connectivity index (χ3n) is 5.86. The third kappa shape index (κ3) is 3.02. The Morgan fingerprint density at radius 3 is 2.81 bits per heavy atom. The van der Waals surface area contributed by atoms with Crippen LogP contribution >= 0.6 is 0 Å². The van der Waals surface area contributed by atoms with E-state index in [1.165, 1.54) is 58.0 Å². The predicted molar refractivity (Wildman–Crippen MR) is 87.3 cm³/mol. The zero-order valence-corrected chi connectivity index (χ0v) is 13.1. The maximum atomic E-state index is 3.94. The standard InChI is InChI=1S/C19H28N2/c1-2-8-17-13-21(11-5-9-15(17)6-1)14-18-12-16-7-3-4-10-19(16)20-18/h1-2,6,8,16,18-20H,3-5,7,9-14H2. The molecule has 2 heterocycles. The van der Waals surface area contributed by atoms with Gasteiger partial charge in [0.2, 0.25) is 0 Å². The molecule has 114 valence electrons. The van der Waals surface area contributed by atoms with E-state index < -0.39 is 0 Å². The minimum absolute atomic E-state index is 0.739. The monoisotopic (exact) mass is 284 g/mol. The second-order valence-corrected chi connectivity index (χ2v) is 7.36. The van der Waals surface area contributed by atoms with Gasteiger partial charge in [0.15, 0.2) is 0 Å². The second kappa shape index (κ2) is 6.10. The van der Waals surface area contributed by atoms with Gasteiger partial charge in [0.25, 0.3) is 0 Å². The number of fused-ring (bicyclic) bond motifs is 2. The molecular formula is C19H28N2. The first kappa shape index (κ1) is 13.8. The van der Waals surface area contributed by atoms with Crippen molar-refractivity contribution in [3.8, 4) is 0 Å². The van der Waals surface area contributed by atoms with Crippen LogP contribution in [0.4, 0.5) is 0 Å². The lowest BCUT2D eigenvalue weighted by molar-refractivity contribution is 0.242. The van der Waals surface area contributed by atoms with Gasteiger partial charge in [-0.2, -0.15) is 0 Å². The number of hydrogen-bond donors (Lipinski definition) is 1. The molecule has 2 nitrogen and oxygen atoms in total. The van der Waals surface area contributed by atoms with E-state index >= 15 is 0 Å². The van der Waals surface area contributed by atoms with E-state index in [0.29, 0.717) is 0 Å². The Labute approximate surface area is 128 Å². The summed E-state index contributed by atoms with van der Waals surface area (Å²) >= 11 is 0.